The topological polar surface area (TPSA) is 167 Å². The molecule has 1 aromatic carbocycles. The molecule has 1 saturated heterocycles. The number of esters is 1. The second kappa shape index (κ2) is 11.0. The Bertz CT molecular complexity index is 1080. The van der Waals surface area contributed by atoms with Gasteiger partial charge in [-0.3, -0.25) is 9.59 Å². The van der Waals surface area contributed by atoms with Crippen molar-refractivity contribution in [3.05, 3.63) is 45.8 Å². The highest BCUT2D eigenvalue weighted by molar-refractivity contribution is 6.74. The van der Waals surface area contributed by atoms with E-state index >= 15 is 0 Å². The van der Waals surface area contributed by atoms with Crippen LogP contribution in [-0.4, -0.2) is 48.6 Å². The third kappa shape index (κ3) is 6.43. The number of hydrogen-bond donors (Lipinski definition) is 1. The normalized spacial score (nSPS) is 19.2. The fourth-order valence-corrected chi connectivity index (χ4v) is 5.00. The van der Waals surface area contributed by atoms with Gasteiger partial charge in [-0.05, 0) is 36.2 Å². The summed E-state index contributed by atoms with van der Waals surface area (Å²) < 4.78 is 11.5. The zero-order valence-corrected chi connectivity index (χ0v) is 22.1. The molecule has 0 spiro atoms. The van der Waals surface area contributed by atoms with Crippen molar-refractivity contribution in [1.29, 1.82) is 0 Å². The molecule has 0 unspecified atom stereocenters. The van der Waals surface area contributed by atoms with E-state index in [1.807, 2.05) is 6.92 Å². The Morgan fingerprint density at radius 2 is 1.77 bits per heavy atom. The lowest BCUT2D eigenvalue weighted by Crippen LogP contribution is -2.67. The van der Waals surface area contributed by atoms with E-state index in [9.17, 15) is 19.9 Å². The van der Waals surface area contributed by atoms with Crippen LogP contribution in [0.3, 0.4) is 0 Å². The van der Waals surface area contributed by atoms with Gasteiger partial charge in [0.15, 0.2) is 8.32 Å². The van der Waals surface area contributed by atoms with Crippen molar-refractivity contribution in [3.63, 3.8) is 0 Å². The van der Waals surface area contributed by atoms with Crippen LogP contribution in [0.5, 0.6) is 0 Å². The summed E-state index contributed by atoms with van der Waals surface area (Å²) in [4.78, 5) is 43.4. The van der Waals surface area contributed by atoms with Gasteiger partial charge in [0.05, 0.1) is 18.1 Å². The minimum absolute atomic E-state index is 0.0534. The van der Waals surface area contributed by atoms with E-state index in [1.54, 1.807) is 31.2 Å². The van der Waals surface area contributed by atoms with E-state index in [0.717, 1.165) is 0 Å². The van der Waals surface area contributed by atoms with Crippen LogP contribution in [0, 0.1) is 11.8 Å². The number of Topliss-reactive ketones (excluding diaryl/α,β-unsaturated/α-hetero) is 1. The Morgan fingerprint density at radius 1 is 1.17 bits per heavy atom. The van der Waals surface area contributed by atoms with Crippen LogP contribution < -0.4 is 5.32 Å². The fraction of sp³-hybridized carbons (Fsp3) is 0.565. The zero-order valence-electron chi connectivity index (χ0n) is 21.1. The highest BCUT2D eigenvalue weighted by Crippen LogP contribution is 2.39. The Labute approximate surface area is 205 Å². The smallest absolute Gasteiger partial charge is 0.441 e. The molecule has 1 aromatic rings. The third-order valence-corrected chi connectivity index (χ3v) is 11.3. The first kappa shape index (κ1) is 27.9. The minimum atomic E-state index is -2.16. The van der Waals surface area contributed by atoms with Crippen molar-refractivity contribution in [2.24, 2.45) is 17.0 Å². The van der Waals surface area contributed by atoms with Crippen molar-refractivity contribution < 1.29 is 28.3 Å². The van der Waals surface area contributed by atoms with Gasteiger partial charge in [0.25, 0.3) is 5.78 Å². The van der Waals surface area contributed by atoms with E-state index in [0.29, 0.717) is 11.3 Å². The lowest BCUT2D eigenvalue weighted by Gasteiger charge is -2.46. The number of amides is 1. The molecule has 1 aliphatic heterocycles. The number of ketones is 1. The summed E-state index contributed by atoms with van der Waals surface area (Å²) in [6, 6.07) is 5.70. The Hall–Kier alpha value is -3.30. The number of nitrogens with one attached hydrogen (secondary N) is 1. The monoisotopic (exact) mass is 500 g/mol. The van der Waals surface area contributed by atoms with Gasteiger partial charge >= 0.3 is 11.7 Å². The largest absolute Gasteiger partial charge is 0.452 e. The summed E-state index contributed by atoms with van der Waals surface area (Å²) in [7, 11) is -2.16. The lowest BCUT2D eigenvalue weighted by atomic mass is 9.76. The van der Waals surface area contributed by atoms with Crippen LogP contribution in [0.1, 0.15) is 40.2 Å². The Balaban J connectivity index is 2.05. The standard InChI is InChI=1S/C23H32N6O5Si/c1-13(18-17(21(31)26-18)14(2)34-35(6,7)23(3,4)5)20(30)19(27-24)22(32)33-12-15-8-10-16(11-9-15)28-29-25/h8-11,13-14,17-18H,12H2,1-7H3,(H,26,31)/t13-,14-,17-,18-/m1/s1. The van der Waals surface area contributed by atoms with Crippen LogP contribution in [-0.2, 0) is 30.2 Å². The van der Waals surface area contributed by atoms with Gasteiger partial charge in [-0.25, -0.2) is 4.79 Å². The molecule has 0 bridgehead atoms. The van der Waals surface area contributed by atoms with Crippen LogP contribution in [0.2, 0.25) is 18.1 Å². The Kier molecular flexibility index (Phi) is 8.75. The number of ether oxygens (including phenoxy) is 1. The molecule has 0 aliphatic carbocycles. The van der Waals surface area contributed by atoms with Gasteiger partial charge in [0.1, 0.15) is 6.61 Å². The molecular weight excluding hydrogens is 468 g/mol. The van der Waals surface area contributed by atoms with Crippen LogP contribution in [0.4, 0.5) is 5.69 Å². The highest BCUT2D eigenvalue weighted by Gasteiger charge is 2.52. The maximum absolute atomic E-state index is 13.0. The lowest BCUT2D eigenvalue weighted by molar-refractivity contribution is -0.146. The van der Waals surface area contributed by atoms with Gasteiger partial charge in [-0.1, -0.05) is 57.1 Å². The van der Waals surface area contributed by atoms with Crippen molar-refractivity contribution in [2.75, 3.05) is 0 Å². The number of benzene rings is 1. The number of carbonyl (C=O) groups excluding carboxylic acids is 3. The first-order valence-electron chi connectivity index (χ1n) is 11.3. The van der Waals surface area contributed by atoms with Crippen molar-refractivity contribution >= 4 is 37.4 Å². The summed E-state index contributed by atoms with van der Waals surface area (Å²) in [5, 5.41) is 6.12. The molecule has 12 heteroatoms. The molecular formula is C23H32N6O5Si. The van der Waals surface area contributed by atoms with Gasteiger partial charge in [-0.2, -0.15) is 4.79 Å². The van der Waals surface area contributed by atoms with Gasteiger partial charge in [0, 0.05) is 16.5 Å². The van der Waals surface area contributed by atoms with Crippen molar-refractivity contribution in [1.82, 2.24) is 5.32 Å². The zero-order chi connectivity index (χ0) is 26.6. The number of nitrogens with zero attached hydrogens (tertiary/aromatic N) is 5. The molecule has 11 nitrogen and oxygen atoms in total. The molecule has 188 valence electrons. The molecule has 2 rings (SSSR count). The summed E-state index contributed by atoms with van der Waals surface area (Å²) >= 11 is 0. The SMILES string of the molecule is C[C@@H](O[Si](C)(C)C(C)(C)C)[C@H]1C(=O)N[C@@H]1[C@@H](C)C(=O)C(=[N+]=[N-])C(=O)OCc1ccc(N=[N+]=[N-])cc1. The van der Waals surface area contributed by atoms with Gasteiger partial charge in [-0.15, -0.1) is 0 Å². The molecule has 1 heterocycles. The number of azide groups is 1. The summed E-state index contributed by atoms with van der Waals surface area (Å²) in [5.74, 6) is -3.48. The molecule has 0 aromatic heterocycles. The fourth-order valence-electron chi connectivity index (χ4n) is 3.57. The molecule has 35 heavy (non-hydrogen) atoms. The number of β-lactam (4-membered cyclic amide) rings is 1. The first-order chi connectivity index (χ1) is 16.2. The Morgan fingerprint density at radius 3 is 2.26 bits per heavy atom. The number of rotatable bonds is 10. The van der Waals surface area contributed by atoms with E-state index in [4.69, 9.17) is 14.7 Å². The van der Waals surface area contributed by atoms with Gasteiger partial charge in [0.2, 0.25) is 5.91 Å². The van der Waals surface area contributed by atoms with Crippen molar-refractivity contribution in [2.45, 2.75) is 71.5 Å². The summed E-state index contributed by atoms with van der Waals surface area (Å²) in [6.45, 7) is 13.7. The summed E-state index contributed by atoms with van der Waals surface area (Å²) in [5.41, 5.74) is 18.0. The summed E-state index contributed by atoms with van der Waals surface area (Å²) in [6.07, 6.45) is -0.431. The second-order valence-electron chi connectivity index (χ2n) is 10.2. The molecule has 1 fully saturated rings. The molecule has 0 radical (unpaired) electrons. The maximum Gasteiger partial charge on any atom is 0.441 e. The van der Waals surface area contributed by atoms with Crippen molar-refractivity contribution in [3.8, 4) is 0 Å². The number of carbonyl (C=O) groups is 3. The van der Waals surface area contributed by atoms with Crippen LogP contribution in [0.25, 0.3) is 16.0 Å². The third-order valence-electron chi connectivity index (χ3n) is 6.74. The average molecular weight is 501 g/mol. The quantitative estimate of drug-likeness (QED) is 0.0745. The predicted octanol–water partition coefficient (Wildman–Crippen LogP) is 4.07. The molecule has 1 aliphatic rings. The van der Waals surface area contributed by atoms with Crippen LogP contribution >= 0.6 is 0 Å². The predicted molar refractivity (Wildman–Crippen MR) is 131 cm³/mol. The number of hydrogen-bond acceptors (Lipinski definition) is 6. The minimum Gasteiger partial charge on any atom is -0.452 e. The highest BCUT2D eigenvalue weighted by atomic mass is 28.4. The first-order valence-corrected chi connectivity index (χ1v) is 14.2. The average Bonchev–Trinajstić information content (AvgIpc) is 2.75. The molecule has 4 atom stereocenters. The maximum atomic E-state index is 13.0. The van der Waals surface area contributed by atoms with Gasteiger partial charge < -0.3 is 20.0 Å². The van der Waals surface area contributed by atoms with E-state index in [1.165, 1.54) is 0 Å². The van der Waals surface area contributed by atoms with Crippen LogP contribution in [0.15, 0.2) is 29.4 Å². The second-order valence-corrected chi connectivity index (χ2v) is 14.9. The molecule has 0 saturated carbocycles. The molecule has 1 amide bonds. The van der Waals surface area contributed by atoms with E-state index in [2.05, 4.69) is 54.0 Å². The molecule has 1 N–H and O–H groups in total. The van der Waals surface area contributed by atoms with E-state index in [-0.39, 0.29) is 17.6 Å². The van der Waals surface area contributed by atoms with E-state index < -0.39 is 49.8 Å².